The van der Waals surface area contributed by atoms with E-state index < -0.39 is 10.0 Å². The number of hydrogen-bond donors (Lipinski definition) is 2. The third-order valence-electron chi connectivity index (χ3n) is 4.17. The van der Waals surface area contributed by atoms with Crippen LogP contribution in [0.15, 0.2) is 10.3 Å². The van der Waals surface area contributed by atoms with Gasteiger partial charge in [-0.3, -0.25) is 0 Å². The molecular weight excluding hydrogens is 304 g/mol. The van der Waals surface area contributed by atoms with Gasteiger partial charge in [-0.15, -0.1) is 11.3 Å². The van der Waals surface area contributed by atoms with Crippen molar-refractivity contribution >= 4 is 21.4 Å². The lowest BCUT2D eigenvalue weighted by atomic mass is 10.1. The van der Waals surface area contributed by atoms with Crippen LogP contribution < -0.4 is 10.0 Å². The fourth-order valence-electron chi connectivity index (χ4n) is 2.47. The highest BCUT2D eigenvalue weighted by Gasteiger charge is 2.45. The summed E-state index contributed by atoms with van der Waals surface area (Å²) in [5, 5.41) is 5.22. The number of sulfonamides is 1. The van der Waals surface area contributed by atoms with E-state index in [-0.39, 0.29) is 5.41 Å². The first kappa shape index (κ1) is 16.9. The van der Waals surface area contributed by atoms with E-state index in [2.05, 4.69) is 37.7 Å². The molecule has 0 aromatic carbocycles. The highest BCUT2D eigenvalue weighted by Crippen LogP contribution is 2.51. The number of rotatable bonds is 7. The van der Waals surface area contributed by atoms with Gasteiger partial charge in [0.15, 0.2) is 0 Å². The molecule has 1 aliphatic rings. The first-order valence-electron chi connectivity index (χ1n) is 7.43. The number of aryl methyl sites for hydroxylation is 1. The maximum absolute atomic E-state index is 12.6. The number of thiophene rings is 1. The molecule has 0 amide bonds. The Hall–Kier alpha value is -0.430. The predicted octanol–water partition coefficient (Wildman–Crippen LogP) is 2.88. The van der Waals surface area contributed by atoms with Crippen LogP contribution in [0.1, 0.15) is 44.6 Å². The zero-order valence-electron chi connectivity index (χ0n) is 13.5. The van der Waals surface area contributed by atoms with Gasteiger partial charge < -0.3 is 5.32 Å². The molecule has 1 aliphatic carbocycles. The van der Waals surface area contributed by atoms with E-state index in [0.717, 1.165) is 16.9 Å². The lowest BCUT2D eigenvalue weighted by Crippen LogP contribution is -2.29. The molecule has 0 saturated heterocycles. The molecule has 1 unspecified atom stereocenters. The Morgan fingerprint density at radius 2 is 2.05 bits per heavy atom. The molecule has 2 rings (SSSR count). The van der Waals surface area contributed by atoms with Crippen molar-refractivity contribution in [2.75, 3.05) is 6.54 Å². The first-order chi connectivity index (χ1) is 9.63. The molecule has 2 N–H and O–H groups in total. The van der Waals surface area contributed by atoms with Crippen molar-refractivity contribution < 1.29 is 8.42 Å². The average molecular weight is 331 g/mol. The van der Waals surface area contributed by atoms with Crippen LogP contribution in [-0.2, 0) is 16.6 Å². The van der Waals surface area contributed by atoms with Crippen LogP contribution >= 0.6 is 11.3 Å². The molecular formula is C15H26N2O2S2. The van der Waals surface area contributed by atoms with Gasteiger partial charge in [0.25, 0.3) is 0 Å². The molecule has 1 heterocycles. The van der Waals surface area contributed by atoms with E-state index >= 15 is 0 Å². The van der Waals surface area contributed by atoms with E-state index in [0.29, 0.717) is 29.9 Å². The molecule has 4 nitrogen and oxygen atoms in total. The van der Waals surface area contributed by atoms with Crippen molar-refractivity contribution in [3.05, 3.63) is 15.8 Å². The molecule has 120 valence electrons. The fraction of sp³-hybridized carbons (Fsp3) is 0.733. The first-order valence-corrected chi connectivity index (χ1v) is 9.80. The van der Waals surface area contributed by atoms with Crippen LogP contribution in [0, 0.1) is 18.3 Å². The Morgan fingerprint density at radius 3 is 2.57 bits per heavy atom. The van der Waals surface area contributed by atoms with Crippen molar-refractivity contribution in [1.82, 2.24) is 10.0 Å². The van der Waals surface area contributed by atoms with Crippen molar-refractivity contribution in [3.8, 4) is 0 Å². The summed E-state index contributed by atoms with van der Waals surface area (Å²) in [5.74, 6) is 0.462. The van der Waals surface area contributed by atoms with Crippen molar-refractivity contribution in [2.45, 2.75) is 58.5 Å². The molecule has 6 heteroatoms. The topological polar surface area (TPSA) is 58.2 Å². The van der Waals surface area contributed by atoms with E-state index in [9.17, 15) is 8.42 Å². The van der Waals surface area contributed by atoms with E-state index in [4.69, 9.17) is 0 Å². The van der Waals surface area contributed by atoms with Gasteiger partial charge in [0.05, 0.1) is 0 Å². The molecule has 0 spiro atoms. The Morgan fingerprint density at radius 1 is 1.43 bits per heavy atom. The molecule has 1 aromatic rings. The van der Waals surface area contributed by atoms with Gasteiger partial charge in [-0.05, 0) is 35.6 Å². The van der Waals surface area contributed by atoms with Crippen LogP contribution in [0.5, 0.6) is 0 Å². The smallest absolute Gasteiger partial charge is 0.241 e. The largest absolute Gasteiger partial charge is 0.310 e. The SMILES string of the molecule is Cc1csc(CNC(C)C)c1S(=O)(=O)NCC1CC1(C)C. The minimum absolute atomic E-state index is 0.286. The van der Waals surface area contributed by atoms with Gasteiger partial charge in [0.2, 0.25) is 10.0 Å². The zero-order chi connectivity index (χ0) is 15.8. The van der Waals surface area contributed by atoms with Crippen molar-refractivity contribution in [3.63, 3.8) is 0 Å². The van der Waals surface area contributed by atoms with Crippen LogP contribution in [0.2, 0.25) is 0 Å². The summed E-state index contributed by atoms with van der Waals surface area (Å²) in [6.45, 7) is 11.5. The van der Waals surface area contributed by atoms with Gasteiger partial charge >= 0.3 is 0 Å². The lowest BCUT2D eigenvalue weighted by molar-refractivity contribution is 0.536. The molecule has 1 saturated carbocycles. The highest BCUT2D eigenvalue weighted by atomic mass is 32.2. The Kier molecular flexibility index (Phi) is 4.83. The molecule has 0 bridgehead atoms. The fourth-order valence-corrected chi connectivity index (χ4v) is 5.31. The summed E-state index contributed by atoms with van der Waals surface area (Å²) in [6, 6.07) is 0.336. The number of hydrogen-bond acceptors (Lipinski definition) is 4. The predicted molar refractivity (Wildman–Crippen MR) is 88.1 cm³/mol. The molecule has 1 aromatic heterocycles. The maximum atomic E-state index is 12.6. The standard InChI is InChI=1S/C15H26N2O2S2/c1-10(2)16-8-13-14(11(3)9-20-13)21(18,19)17-7-12-6-15(12,4)5/h9-10,12,16-17H,6-8H2,1-5H3. The van der Waals surface area contributed by atoms with E-state index in [1.165, 1.54) is 11.3 Å². The Balaban J connectivity index is 2.10. The second-order valence-corrected chi connectivity index (χ2v) is 9.62. The van der Waals surface area contributed by atoms with Gasteiger partial charge in [-0.25, -0.2) is 13.1 Å². The molecule has 0 aliphatic heterocycles. The van der Waals surface area contributed by atoms with E-state index in [1.807, 2.05) is 12.3 Å². The minimum Gasteiger partial charge on any atom is -0.310 e. The average Bonchev–Trinajstić information content (AvgIpc) is 2.78. The Bertz CT molecular complexity index is 603. The maximum Gasteiger partial charge on any atom is 0.241 e. The number of nitrogens with one attached hydrogen (secondary N) is 2. The van der Waals surface area contributed by atoms with Gasteiger partial charge in [0, 0.05) is 24.0 Å². The Labute approximate surface area is 132 Å². The normalized spacial score (nSPS) is 21.0. The summed E-state index contributed by atoms with van der Waals surface area (Å²) in [5.41, 5.74) is 1.12. The van der Waals surface area contributed by atoms with Crippen LogP contribution in [0.3, 0.4) is 0 Å². The van der Waals surface area contributed by atoms with E-state index in [1.54, 1.807) is 0 Å². The minimum atomic E-state index is -3.41. The van der Waals surface area contributed by atoms with Crippen molar-refractivity contribution in [2.24, 2.45) is 11.3 Å². The second-order valence-electron chi connectivity index (χ2n) is 6.95. The van der Waals surface area contributed by atoms with Gasteiger partial charge in [0.1, 0.15) is 4.90 Å². The summed E-state index contributed by atoms with van der Waals surface area (Å²) in [4.78, 5) is 1.36. The van der Waals surface area contributed by atoms with Crippen LogP contribution in [0.25, 0.3) is 0 Å². The monoisotopic (exact) mass is 330 g/mol. The van der Waals surface area contributed by atoms with Crippen molar-refractivity contribution in [1.29, 1.82) is 0 Å². The van der Waals surface area contributed by atoms with Gasteiger partial charge in [-0.1, -0.05) is 27.7 Å². The molecule has 0 radical (unpaired) electrons. The second kappa shape index (κ2) is 5.99. The van der Waals surface area contributed by atoms with Crippen LogP contribution in [0.4, 0.5) is 0 Å². The summed E-state index contributed by atoms with van der Waals surface area (Å²) < 4.78 is 28.0. The third kappa shape index (κ3) is 4.06. The lowest BCUT2D eigenvalue weighted by Gasteiger charge is -2.12. The third-order valence-corrected chi connectivity index (χ3v) is 7.05. The quantitative estimate of drug-likeness (QED) is 0.808. The zero-order valence-corrected chi connectivity index (χ0v) is 15.1. The highest BCUT2D eigenvalue weighted by molar-refractivity contribution is 7.89. The molecule has 21 heavy (non-hydrogen) atoms. The van der Waals surface area contributed by atoms with Gasteiger partial charge in [-0.2, -0.15) is 0 Å². The summed E-state index contributed by atoms with van der Waals surface area (Å²) >= 11 is 1.51. The molecule has 1 atom stereocenters. The molecule has 1 fully saturated rings. The summed E-state index contributed by atoms with van der Waals surface area (Å²) in [6.07, 6.45) is 1.10. The van der Waals surface area contributed by atoms with Crippen LogP contribution in [-0.4, -0.2) is 21.0 Å². The summed E-state index contributed by atoms with van der Waals surface area (Å²) in [7, 11) is -3.41.